The zero-order valence-corrected chi connectivity index (χ0v) is 15.0. The molecular formula is C16H15F2NO5S2. The number of esters is 1. The number of hydrogen-bond acceptors (Lipinski definition) is 6. The van der Waals surface area contributed by atoms with E-state index in [0.717, 1.165) is 30.0 Å². The standard InChI is InChI=1S/C16H15F2NO5S2/c17-11-1-6-14(18)15(9-11)25-10-16(20)24-8-7-23-12-2-4-13(5-3-12)26(19,21)22/h1-6,9H,7-8,10H2,(H2,19,21,22). The topological polar surface area (TPSA) is 95.7 Å². The predicted molar refractivity (Wildman–Crippen MR) is 91.4 cm³/mol. The van der Waals surface area contributed by atoms with E-state index in [2.05, 4.69) is 0 Å². The second-order valence-electron chi connectivity index (χ2n) is 4.95. The minimum absolute atomic E-state index is 0.0214. The molecule has 0 aromatic heterocycles. The van der Waals surface area contributed by atoms with Crippen molar-refractivity contribution in [3.8, 4) is 5.75 Å². The molecule has 2 rings (SSSR count). The Kier molecular flexibility index (Phi) is 6.95. The Balaban J connectivity index is 1.71. The number of sulfonamides is 1. The Hall–Kier alpha value is -2.17. The highest BCUT2D eigenvalue weighted by atomic mass is 32.2. The summed E-state index contributed by atoms with van der Waals surface area (Å²) in [5, 5.41) is 4.98. The first-order chi connectivity index (χ1) is 12.3. The van der Waals surface area contributed by atoms with E-state index in [1.54, 1.807) is 0 Å². The maximum Gasteiger partial charge on any atom is 0.316 e. The van der Waals surface area contributed by atoms with Crippen LogP contribution in [0.1, 0.15) is 0 Å². The van der Waals surface area contributed by atoms with Crippen molar-refractivity contribution in [2.75, 3.05) is 19.0 Å². The molecule has 2 N–H and O–H groups in total. The van der Waals surface area contributed by atoms with Crippen LogP contribution in [0.5, 0.6) is 5.75 Å². The van der Waals surface area contributed by atoms with E-state index in [0.29, 0.717) is 5.75 Å². The summed E-state index contributed by atoms with van der Waals surface area (Å²) in [6.07, 6.45) is 0. The molecule has 26 heavy (non-hydrogen) atoms. The molecule has 0 fully saturated rings. The molecule has 0 heterocycles. The minimum atomic E-state index is -3.77. The van der Waals surface area contributed by atoms with Crippen LogP contribution >= 0.6 is 11.8 Å². The number of thioether (sulfide) groups is 1. The number of ether oxygens (including phenoxy) is 2. The fourth-order valence-electron chi connectivity index (χ4n) is 1.81. The quantitative estimate of drug-likeness (QED) is 0.413. The number of carbonyl (C=O) groups excluding carboxylic acids is 1. The van der Waals surface area contributed by atoms with Gasteiger partial charge in [-0.05, 0) is 42.5 Å². The van der Waals surface area contributed by atoms with E-state index >= 15 is 0 Å². The van der Waals surface area contributed by atoms with Crippen LogP contribution in [-0.2, 0) is 19.6 Å². The third kappa shape index (κ3) is 6.28. The molecule has 2 aromatic rings. The Morgan fingerprint density at radius 2 is 1.77 bits per heavy atom. The molecule has 140 valence electrons. The summed E-state index contributed by atoms with van der Waals surface area (Å²) >= 11 is 0.829. The molecule has 6 nitrogen and oxygen atoms in total. The molecule has 10 heteroatoms. The summed E-state index contributed by atoms with van der Waals surface area (Å²) in [6, 6.07) is 8.40. The van der Waals surface area contributed by atoms with E-state index in [4.69, 9.17) is 14.6 Å². The Morgan fingerprint density at radius 1 is 1.08 bits per heavy atom. The Morgan fingerprint density at radius 3 is 2.42 bits per heavy atom. The van der Waals surface area contributed by atoms with Gasteiger partial charge in [-0.1, -0.05) is 0 Å². The van der Waals surface area contributed by atoms with Crippen molar-refractivity contribution in [2.45, 2.75) is 9.79 Å². The smallest absolute Gasteiger partial charge is 0.316 e. The van der Waals surface area contributed by atoms with E-state index in [1.807, 2.05) is 0 Å². The first-order valence-corrected chi connectivity index (χ1v) is 9.78. The highest BCUT2D eigenvalue weighted by Crippen LogP contribution is 2.22. The summed E-state index contributed by atoms with van der Waals surface area (Å²) in [6.45, 7) is -0.0125. The number of carbonyl (C=O) groups is 1. The molecule has 0 saturated carbocycles. The van der Waals surface area contributed by atoms with Gasteiger partial charge in [0.25, 0.3) is 0 Å². The Labute approximate surface area is 153 Å². The van der Waals surface area contributed by atoms with Gasteiger partial charge in [0.15, 0.2) is 0 Å². The van der Waals surface area contributed by atoms with Crippen molar-refractivity contribution >= 4 is 27.8 Å². The first-order valence-electron chi connectivity index (χ1n) is 7.25. The molecule has 0 amide bonds. The monoisotopic (exact) mass is 403 g/mol. The van der Waals surface area contributed by atoms with Crippen LogP contribution in [0.2, 0.25) is 0 Å². The summed E-state index contributed by atoms with van der Waals surface area (Å²) in [7, 11) is -3.77. The number of rotatable bonds is 8. The largest absolute Gasteiger partial charge is 0.490 e. The summed E-state index contributed by atoms with van der Waals surface area (Å²) in [4.78, 5) is 11.6. The second-order valence-corrected chi connectivity index (χ2v) is 7.53. The molecule has 0 atom stereocenters. The van der Waals surface area contributed by atoms with Crippen molar-refractivity contribution < 1.29 is 31.5 Å². The van der Waals surface area contributed by atoms with Crippen LogP contribution in [0.25, 0.3) is 0 Å². The van der Waals surface area contributed by atoms with Crippen LogP contribution in [0.15, 0.2) is 52.3 Å². The van der Waals surface area contributed by atoms with Gasteiger partial charge < -0.3 is 9.47 Å². The molecule has 0 aliphatic carbocycles. The second kappa shape index (κ2) is 8.97. The van der Waals surface area contributed by atoms with Gasteiger partial charge >= 0.3 is 5.97 Å². The lowest BCUT2D eigenvalue weighted by Gasteiger charge is -2.08. The van der Waals surface area contributed by atoms with E-state index < -0.39 is 27.6 Å². The number of nitrogens with two attached hydrogens (primary N) is 1. The molecule has 0 aliphatic rings. The summed E-state index contributed by atoms with van der Waals surface area (Å²) in [5.41, 5.74) is 0. The highest BCUT2D eigenvalue weighted by molar-refractivity contribution is 8.00. The van der Waals surface area contributed by atoms with Crippen molar-refractivity contribution in [3.63, 3.8) is 0 Å². The minimum Gasteiger partial charge on any atom is -0.490 e. The highest BCUT2D eigenvalue weighted by Gasteiger charge is 2.10. The van der Waals surface area contributed by atoms with Gasteiger partial charge in [-0.25, -0.2) is 22.3 Å². The third-order valence-electron chi connectivity index (χ3n) is 3.01. The van der Waals surface area contributed by atoms with E-state index in [1.165, 1.54) is 24.3 Å². The predicted octanol–water partition coefficient (Wildman–Crippen LogP) is 2.33. The molecule has 0 radical (unpaired) electrons. The summed E-state index contributed by atoms with van der Waals surface area (Å²) in [5.74, 6) is -1.61. The number of hydrogen-bond donors (Lipinski definition) is 1. The van der Waals surface area contributed by atoms with Gasteiger partial charge in [-0.15, -0.1) is 11.8 Å². The van der Waals surface area contributed by atoms with Gasteiger partial charge in [0.2, 0.25) is 10.0 Å². The van der Waals surface area contributed by atoms with Gasteiger partial charge in [-0.3, -0.25) is 4.79 Å². The third-order valence-corrected chi connectivity index (χ3v) is 4.94. The van der Waals surface area contributed by atoms with Gasteiger partial charge in [0.1, 0.15) is 30.6 Å². The van der Waals surface area contributed by atoms with Crippen LogP contribution in [0.4, 0.5) is 8.78 Å². The fourth-order valence-corrected chi connectivity index (χ4v) is 3.08. The summed E-state index contributed by atoms with van der Waals surface area (Å²) < 4.78 is 58.9. The zero-order valence-electron chi connectivity index (χ0n) is 13.4. The molecule has 0 bridgehead atoms. The lowest BCUT2D eigenvalue weighted by atomic mass is 10.3. The van der Waals surface area contributed by atoms with Gasteiger partial charge in [-0.2, -0.15) is 0 Å². The van der Waals surface area contributed by atoms with E-state index in [9.17, 15) is 22.0 Å². The maximum absolute atomic E-state index is 13.4. The molecule has 0 unspecified atom stereocenters. The van der Waals surface area contributed by atoms with Gasteiger partial charge in [0.05, 0.1) is 10.6 Å². The lowest BCUT2D eigenvalue weighted by Crippen LogP contribution is -2.14. The van der Waals surface area contributed by atoms with Gasteiger partial charge in [0, 0.05) is 4.90 Å². The molecular weight excluding hydrogens is 388 g/mol. The average Bonchev–Trinajstić information content (AvgIpc) is 2.59. The molecule has 0 aliphatic heterocycles. The average molecular weight is 403 g/mol. The zero-order chi connectivity index (χ0) is 19.2. The van der Waals surface area contributed by atoms with Crippen LogP contribution in [-0.4, -0.2) is 33.4 Å². The lowest BCUT2D eigenvalue weighted by molar-refractivity contribution is -0.141. The number of primary sulfonamides is 1. The Bertz CT molecular complexity index is 873. The fraction of sp³-hybridized carbons (Fsp3) is 0.188. The van der Waals surface area contributed by atoms with Crippen molar-refractivity contribution in [2.24, 2.45) is 5.14 Å². The SMILES string of the molecule is NS(=O)(=O)c1ccc(OCCOC(=O)CSc2cc(F)ccc2F)cc1. The number of halogens is 2. The van der Waals surface area contributed by atoms with E-state index in [-0.39, 0.29) is 28.8 Å². The number of benzene rings is 2. The molecule has 0 saturated heterocycles. The normalized spacial score (nSPS) is 11.2. The van der Waals surface area contributed by atoms with Crippen LogP contribution in [0.3, 0.4) is 0 Å². The maximum atomic E-state index is 13.4. The molecule has 2 aromatic carbocycles. The van der Waals surface area contributed by atoms with Crippen molar-refractivity contribution in [3.05, 3.63) is 54.1 Å². The van der Waals surface area contributed by atoms with Crippen molar-refractivity contribution in [1.29, 1.82) is 0 Å². The van der Waals surface area contributed by atoms with Crippen molar-refractivity contribution in [1.82, 2.24) is 0 Å². The first kappa shape index (κ1) is 20.1. The molecule has 0 spiro atoms. The van der Waals surface area contributed by atoms with Crippen LogP contribution in [0, 0.1) is 11.6 Å². The van der Waals surface area contributed by atoms with Crippen LogP contribution < -0.4 is 9.88 Å².